The summed E-state index contributed by atoms with van der Waals surface area (Å²) in [5.41, 5.74) is 0. The van der Waals surface area contributed by atoms with Crippen molar-refractivity contribution in [1.29, 1.82) is 0 Å². The molecule has 2 atom stereocenters. The summed E-state index contributed by atoms with van der Waals surface area (Å²) < 4.78 is 0. The van der Waals surface area contributed by atoms with E-state index in [9.17, 15) is 0 Å². The van der Waals surface area contributed by atoms with E-state index in [-0.39, 0.29) is 0 Å². The molecule has 0 spiro atoms. The summed E-state index contributed by atoms with van der Waals surface area (Å²) in [5.74, 6) is 1.76. The average molecular weight is 294 g/mol. The van der Waals surface area contributed by atoms with Gasteiger partial charge in [0, 0.05) is 37.1 Å². The van der Waals surface area contributed by atoms with Crippen LogP contribution in [0.15, 0.2) is 11.2 Å². The number of aliphatic imine (C=N–C) groups is 1. The lowest BCUT2D eigenvalue weighted by Crippen LogP contribution is -2.45. The van der Waals surface area contributed by atoms with Gasteiger partial charge in [-0.15, -0.1) is 11.3 Å². The van der Waals surface area contributed by atoms with Crippen molar-refractivity contribution in [1.82, 2.24) is 15.6 Å². The third-order valence-corrected chi connectivity index (χ3v) is 4.77. The van der Waals surface area contributed by atoms with Crippen LogP contribution in [-0.2, 0) is 6.42 Å². The third-order valence-electron chi connectivity index (χ3n) is 3.80. The second-order valence-corrected chi connectivity index (χ2v) is 7.05. The van der Waals surface area contributed by atoms with Crippen LogP contribution in [-0.4, -0.2) is 30.6 Å². The number of aromatic nitrogens is 1. The summed E-state index contributed by atoms with van der Waals surface area (Å²) >= 11 is 1.77. The van der Waals surface area contributed by atoms with E-state index in [4.69, 9.17) is 0 Å². The Hall–Kier alpha value is -1.10. The molecule has 20 heavy (non-hydrogen) atoms. The van der Waals surface area contributed by atoms with Crippen LogP contribution in [0.25, 0.3) is 0 Å². The molecule has 1 fully saturated rings. The minimum absolute atomic E-state index is 0.576. The number of thiazole rings is 1. The molecule has 1 aromatic heterocycles. The Morgan fingerprint density at radius 2 is 2.35 bits per heavy atom. The van der Waals surface area contributed by atoms with E-state index < -0.39 is 0 Å². The number of guanidine groups is 1. The van der Waals surface area contributed by atoms with Crippen LogP contribution in [0.5, 0.6) is 0 Å². The first kappa shape index (κ1) is 15.3. The molecule has 0 bridgehead atoms. The van der Waals surface area contributed by atoms with Crippen LogP contribution in [0.1, 0.15) is 42.5 Å². The maximum atomic E-state index is 4.38. The molecular weight excluding hydrogens is 268 g/mol. The van der Waals surface area contributed by atoms with Gasteiger partial charge in [-0.05, 0) is 25.7 Å². The highest BCUT2D eigenvalue weighted by Crippen LogP contribution is 2.23. The van der Waals surface area contributed by atoms with Crippen LogP contribution < -0.4 is 10.6 Å². The minimum atomic E-state index is 0.576. The lowest BCUT2D eigenvalue weighted by molar-refractivity contribution is 0.324. The van der Waals surface area contributed by atoms with Gasteiger partial charge in [-0.3, -0.25) is 4.99 Å². The smallest absolute Gasteiger partial charge is 0.191 e. The Labute approximate surface area is 126 Å². The van der Waals surface area contributed by atoms with Crippen LogP contribution in [0.3, 0.4) is 0 Å². The van der Waals surface area contributed by atoms with Gasteiger partial charge in [0.1, 0.15) is 0 Å². The van der Waals surface area contributed by atoms with Gasteiger partial charge < -0.3 is 10.6 Å². The topological polar surface area (TPSA) is 49.3 Å². The summed E-state index contributed by atoms with van der Waals surface area (Å²) in [6.07, 6.45) is 8.11. The predicted octanol–water partition coefficient (Wildman–Crippen LogP) is 2.74. The van der Waals surface area contributed by atoms with Crippen LogP contribution >= 0.6 is 11.3 Å². The second kappa shape index (κ2) is 7.62. The molecule has 0 saturated heterocycles. The molecule has 1 aromatic rings. The van der Waals surface area contributed by atoms with Crippen molar-refractivity contribution in [2.75, 3.05) is 13.6 Å². The van der Waals surface area contributed by atoms with Crippen molar-refractivity contribution in [3.8, 4) is 0 Å². The predicted molar refractivity (Wildman–Crippen MR) is 86.5 cm³/mol. The molecule has 5 heteroatoms. The Morgan fingerprint density at radius 3 is 3.00 bits per heavy atom. The molecule has 2 unspecified atom stereocenters. The molecule has 0 amide bonds. The molecule has 0 radical (unpaired) electrons. The van der Waals surface area contributed by atoms with Crippen molar-refractivity contribution in [3.63, 3.8) is 0 Å². The summed E-state index contributed by atoms with van der Waals surface area (Å²) in [6, 6.07) is 0.576. The van der Waals surface area contributed by atoms with Crippen molar-refractivity contribution in [2.45, 2.75) is 52.0 Å². The number of hydrogen-bond acceptors (Lipinski definition) is 3. The van der Waals surface area contributed by atoms with E-state index in [1.165, 1.54) is 35.6 Å². The molecule has 4 nitrogen and oxygen atoms in total. The van der Waals surface area contributed by atoms with Crippen LogP contribution in [0.2, 0.25) is 0 Å². The Balaban J connectivity index is 1.72. The molecule has 1 aliphatic rings. The number of nitrogens with one attached hydrogen (secondary N) is 2. The zero-order chi connectivity index (χ0) is 14.4. The third kappa shape index (κ3) is 4.78. The molecule has 0 aliphatic heterocycles. The first-order chi connectivity index (χ1) is 9.67. The fourth-order valence-electron chi connectivity index (χ4n) is 2.76. The Bertz CT molecular complexity index is 441. The number of rotatable bonds is 4. The molecule has 2 rings (SSSR count). The van der Waals surface area contributed by atoms with E-state index in [2.05, 4.69) is 34.5 Å². The van der Waals surface area contributed by atoms with E-state index in [1.807, 2.05) is 13.2 Å². The Morgan fingerprint density at radius 1 is 1.50 bits per heavy atom. The second-order valence-electron chi connectivity index (χ2n) is 5.73. The maximum Gasteiger partial charge on any atom is 0.191 e. The highest BCUT2D eigenvalue weighted by atomic mass is 32.1. The van der Waals surface area contributed by atoms with Gasteiger partial charge in [0.05, 0.1) is 5.01 Å². The van der Waals surface area contributed by atoms with E-state index in [1.54, 1.807) is 11.3 Å². The number of aryl methyl sites for hydroxylation is 1. The molecule has 1 saturated carbocycles. The molecule has 1 heterocycles. The zero-order valence-electron chi connectivity index (χ0n) is 12.8. The highest BCUT2D eigenvalue weighted by Gasteiger charge is 2.19. The number of nitrogens with zero attached hydrogens (tertiary/aromatic N) is 2. The number of hydrogen-bond donors (Lipinski definition) is 2. The van der Waals surface area contributed by atoms with Gasteiger partial charge >= 0.3 is 0 Å². The van der Waals surface area contributed by atoms with E-state index >= 15 is 0 Å². The van der Waals surface area contributed by atoms with E-state index in [0.717, 1.165) is 24.8 Å². The largest absolute Gasteiger partial charge is 0.356 e. The van der Waals surface area contributed by atoms with Gasteiger partial charge in [0.15, 0.2) is 5.96 Å². The van der Waals surface area contributed by atoms with Crippen LogP contribution in [0.4, 0.5) is 0 Å². The molecule has 112 valence electrons. The van der Waals surface area contributed by atoms with Crippen molar-refractivity contribution < 1.29 is 0 Å². The SMILES string of the molecule is CN=C(NCCc1ncc(C)s1)NC1CCCC(C)C1. The standard InChI is InChI=1S/C15H26N4S/c1-11-5-4-6-13(9-11)19-15(16-3)17-8-7-14-18-10-12(2)20-14/h10-11,13H,4-9H2,1-3H3,(H2,16,17,19). The average Bonchev–Trinajstić information content (AvgIpc) is 2.83. The Kier molecular flexibility index (Phi) is 5.83. The summed E-state index contributed by atoms with van der Waals surface area (Å²) in [5, 5.41) is 8.14. The van der Waals surface area contributed by atoms with Gasteiger partial charge in [0.25, 0.3) is 0 Å². The normalized spacial score (nSPS) is 23.6. The lowest BCUT2D eigenvalue weighted by Gasteiger charge is -2.28. The zero-order valence-corrected chi connectivity index (χ0v) is 13.6. The first-order valence-corrected chi connectivity index (χ1v) is 8.37. The molecule has 2 N–H and O–H groups in total. The van der Waals surface area contributed by atoms with Gasteiger partial charge in [-0.1, -0.05) is 19.8 Å². The fourth-order valence-corrected chi connectivity index (χ4v) is 3.54. The van der Waals surface area contributed by atoms with E-state index in [0.29, 0.717) is 6.04 Å². The quantitative estimate of drug-likeness (QED) is 0.663. The highest BCUT2D eigenvalue weighted by molar-refractivity contribution is 7.11. The van der Waals surface area contributed by atoms with Gasteiger partial charge in [-0.25, -0.2) is 4.98 Å². The molecule has 0 aromatic carbocycles. The van der Waals surface area contributed by atoms with Crippen LogP contribution in [0, 0.1) is 12.8 Å². The van der Waals surface area contributed by atoms with Crippen molar-refractivity contribution in [2.24, 2.45) is 10.9 Å². The summed E-state index contributed by atoms with van der Waals surface area (Å²) in [7, 11) is 1.84. The van der Waals surface area contributed by atoms with Gasteiger partial charge in [0.2, 0.25) is 0 Å². The lowest BCUT2D eigenvalue weighted by atomic mass is 9.87. The fraction of sp³-hybridized carbons (Fsp3) is 0.733. The molecular formula is C15H26N4S. The molecule has 1 aliphatic carbocycles. The summed E-state index contributed by atoms with van der Waals surface area (Å²) in [6.45, 7) is 5.32. The van der Waals surface area contributed by atoms with Crippen molar-refractivity contribution in [3.05, 3.63) is 16.1 Å². The summed E-state index contributed by atoms with van der Waals surface area (Å²) in [4.78, 5) is 9.98. The van der Waals surface area contributed by atoms with Crippen molar-refractivity contribution >= 4 is 17.3 Å². The van der Waals surface area contributed by atoms with Gasteiger partial charge in [-0.2, -0.15) is 0 Å². The maximum absolute atomic E-state index is 4.38. The first-order valence-electron chi connectivity index (χ1n) is 7.56. The minimum Gasteiger partial charge on any atom is -0.356 e. The monoisotopic (exact) mass is 294 g/mol.